The van der Waals surface area contributed by atoms with Gasteiger partial charge >= 0.3 is 0 Å². The monoisotopic (exact) mass is 82.1 g/mol. The minimum absolute atomic E-state index is 0. The van der Waals surface area contributed by atoms with Crippen LogP contribution in [0.1, 0.15) is 0 Å². The van der Waals surface area contributed by atoms with E-state index in [1.54, 1.807) is 0 Å². The van der Waals surface area contributed by atoms with E-state index in [4.69, 9.17) is 0 Å². The lowest BCUT2D eigenvalue weighted by molar-refractivity contribution is 1.48. The van der Waals surface area contributed by atoms with Crippen LogP contribution in [0.15, 0.2) is 0 Å². The summed E-state index contributed by atoms with van der Waals surface area (Å²) in [5.74, 6) is 0. The highest BCUT2D eigenvalue weighted by molar-refractivity contribution is 3.54. The molecule has 0 rings (SSSR count). The van der Waals surface area contributed by atoms with Crippen molar-refractivity contribution in [3.05, 3.63) is 0 Å². The molecule has 0 aromatic heterocycles. The third kappa shape index (κ3) is 508. The normalized spacial score (nSPS) is 1.20. The highest BCUT2D eigenvalue weighted by Crippen LogP contribution is 0.469. The molecule has 0 radical (unpaired) electrons. The average molecular weight is 82.2 g/mol. The Bertz CT molecular complexity index is 3.61. The highest BCUT2D eigenvalue weighted by atomic mass is 14.4. The molecule has 4 heteroatoms. The highest BCUT2D eigenvalue weighted by Gasteiger charge is 0.836. The SMILES string of the molecule is CN.N.N.N. The van der Waals surface area contributed by atoms with E-state index in [-0.39, 0.29) is 18.5 Å². The Balaban J connectivity index is -0.00000000167. The quantitative estimate of drug-likeness (QED) is 0.329. The lowest BCUT2D eigenvalue weighted by atomic mass is 11.6. The summed E-state index contributed by atoms with van der Waals surface area (Å²) in [5.41, 5.74) is 4.50. The molecule has 0 amide bonds. The van der Waals surface area contributed by atoms with Gasteiger partial charge in [0.25, 0.3) is 0 Å². The summed E-state index contributed by atoms with van der Waals surface area (Å²) in [6.45, 7) is 0. The molecular formula is CH14N4. The molecule has 0 aliphatic carbocycles. The summed E-state index contributed by atoms with van der Waals surface area (Å²) in [5, 5.41) is 0. The van der Waals surface area contributed by atoms with Gasteiger partial charge in [0.15, 0.2) is 0 Å². The molecule has 0 heterocycles. The lowest BCUT2D eigenvalue weighted by Crippen LogP contribution is -1.69. The van der Waals surface area contributed by atoms with E-state index in [0.717, 1.165) is 0 Å². The van der Waals surface area contributed by atoms with E-state index in [2.05, 4.69) is 5.73 Å². The van der Waals surface area contributed by atoms with Crippen LogP contribution in [-0.2, 0) is 0 Å². The van der Waals surface area contributed by atoms with Crippen molar-refractivity contribution in [1.82, 2.24) is 18.5 Å². The average Bonchev–Trinajstić information content (AvgIpc) is 1.00. The summed E-state index contributed by atoms with van der Waals surface area (Å²) >= 11 is 0. The fourth-order valence-electron chi connectivity index (χ4n) is 0. The van der Waals surface area contributed by atoms with Crippen LogP contribution in [0.5, 0.6) is 0 Å². The first-order valence-electron chi connectivity index (χ1n) is 0.577. The molecule has 0 aliphatic heterocycles. The Morgan fingerprint density at radius 2 is 0.800 bits per heavy atom. The summed E-state index contributed by atoms with van der Waals surface area (Å²) < 4.78 is 0. The van der Waals surface area contributed by atoms with E-state index in [1.807, 2.05) is 0 Å². The Labute approximate surface area is 32.5 Å². The number of rotatable bonds is 0. The second kappa shape index (κ2) is 1210. The molecule has 0 saturated carbocycles. The van der Waals surface area contributed by atoms with Crippen LogP contribution in [0.4, 0.5) is 0 Å². The molecule has 0 aliphatic rings. The first-order chi connectivity index (χ1) is 1.00. The maximum absolute atomic E-state index is 4.50. The molecule has 4 nitrogen and oxygen atoms in total. The molecule has 0 fully saturated rings. The summed E-state index contributed by atoms with van der Waals surface area (Å²) in [6, 6.07) is 0. The summed E-state index contributed by atoms with van der Waals surface area (Å²) in [4.78, 5) is 0. The molecule has 11 N–H and O–H groups in total. The van der Waals surface area contributed by atoms with Gasteiger partial charge in [0.05, 0.1) is 0 Å². The Kier molecular flexibility index (Phi) is 24500. The lowest BCUT2D eigenvalue weighted by Gasteiger charge is -1.19. The number of hydrogen-bond donors (Lipinski definition) is 4. The summed E-state index contributed by atoms with van der Waals surface area (Å²) in [7, 11) is 1.50. The molecule has 0 aromatic carbocycles. The van der Waals surface area contributed by atoms with Gasteiger partial charge in [-0.3, -0.25) is 0 Å². The second-order valence-electron chi connectivity index (χ2n) is 0. The number of nitrogens with two attached hydrogens (primary N) is 1. The molecule has 38 valence electrons. The van der Waals surface area contributed by atoms with Crippen molar-refractivity contribution in [2.24, 2.45) is 5.73 Å². The van der Waals surface area contributed by atoms with E-state index in [9.17, 15) is 0 Å². The van der Waals surface area contributed by atoms with E-state index >= 15 is 0 Å². The van der Waals surface area contributed by atoms with Gasteiger partial charge in [-0.2, -0.15) is 0 Å². The molecular weight excluding hydrogens is 68.0 g/mol. The Morgan fingerprint density at radius 1 is 0.800 bits per heavy atom. The predicted molar refractivity (Wildman–Crippen MR) is 25.2 cm³/mol. The molecule has 0 spiro atoms. The van der Waals surface area contributed by atoms with Crippen LogP contribution in [0.2, 0.25) is 0 Å². The maximum Gasteiger partial charge on any atom is -0.0195 e. The van der Waals surface area contributed by atoms with Crippen LogP contribution in [0.3, 0.4) is 0 Å². The first-order valence-corrected chi connectivity index (χ1v) is 0.577. The fourth-order valence-corrected chi connectivity index (χ4v) is 0. The molecule has 0 saturated heterocycles. The van der Waals surface area contributed by atoms with E-state index in [0.29, 0.717) is 0 Å². The van der Waals surface area contributed by atoms with Crippen molar-refractivity contribution >= 4 is 0 Å². The van der Waals surface area contributed by atoms with Gasteiger partial charge in [0.2, 0.25) is 0 Å². The zero-order valence-corrected chi connectivity index (χ0v) is 3.70. The van der Waals surface area contributed by atoms with Crippen molar-refractivity contribution in [1.29, 1.82) is 0 Å². The third-order valence-corrected chi connectivity index (χ3v) is 0. The van der Waals surface area contributed by atoms with E-state index < -0.39 is 0 Å². The maximum atomic E-state index is 4.50. The molecule has 0 aromatic rings. The zero-order valence-electron chi connectivity index (χ0n) is 3.70. The van der Waals surface area contributed by atoms with Crippen LogP contribution >= 0.6 is 0 Å². The fraction of sp³-hybridized carbons (Fsp3) is 1.00. The van der Waals surface area contributed by atoms with Gasteiger partial charge in [0.1, 0.15) is 0 Å². The summed E-state index contributed by atoms with van der Waals surface area (Å²) in [6.07, 6.45) is 0. The minimum Gasteiger partial charge on any atom is -0.344 e. The van der Waals surface area contributed by atoms with Gasteiger partial charge in [-0.25, -0.2) is 0 Å². The van der Waals surface area contributed by atoms with Gasteiger partial charge in [-0.1, -0.05) is 0 Å². The van der Waals surface area contributed by atoms with Crippen molar-refractivity contribution < 1.29 is 0 Å². The number of hydrogen-bond acceptors (Lipinski definition) is 4. The standard InChI is InChI=1S/CH5N.3H3N/c1-2;;;/h2H2,1H3;3*1H3. The molecule has 5 heavy (non-hydrogen) atoms. The van der Waals surface area contributed by atoms with Crippen molar-refractivity contribution in [2.45, 2.75) is 0 Å². The van der Waals surface area contributed by atoms with Gasteiger partial charge < -0.3 is 24.2 Å². The zero-order chi connectivity index (χ0) is 2.00. The topological polar surface area (TPSA) is 131 Å². The minimum atomic E-state index is 0. The first kappa shape index (κ1) is 101. The smallest absolute Gasteiger partial charge is 0.0195 e. The largest absolute Gasteiger partial charge is 0.344 e. The molecule has 0 bridgehead atoms. The van der Waals surface area contributed by atoms with E-state index in [1.165, 1.54) is 7.05 Å². The van der Waals surface area contributed by atoms with Crippen molar-refractivity contribution in [3.63, 3.8) is 0 Å². The molecule has 0 atom stereocenters. The molecule has 0 unspecified atom stereocenters. The Morgan fingerprint density at radius 3 is 0.800 bits per heavy atom. The van der Waals surface area contributed by atoms with Crippen LogP contribution < -0.4 is 24.2 Å². The van der Waals surface area contributed by atoms with Gasteiger partial charge in [0, 0.05) is 0 Å². The second-order valence-corrected chi connectivity index (χ2v) is 0. The van der Waals surface area contributed by atoms with Crippen LogP contribution in [-0.4, -0.2) is 7.05 Å². The third-order valence-electron chi connectivity index (χ3n) is 0. The van der Waals surface area contributed by atoms with Crippen molar-refractivity contribution in [3.8, 4) is 0 Å². The van der Waals surface area contributed by atoms with Gasteiger partial charge in [-0.15, -0.1) is 0 Å². The van der Waals surface area contributed by atoms with Crippen LogP contribution in [0.25, 0.3) is 0 Å². The van der Waals surface area contributed by atoms with Crippen LogP contribution in [0, 0.1) is 0 Å². The van der Waals surface area contributed by atoms with Crippen molar-refractivity contribution in [2.75, 3.05) is 7.05 Å². The Hall–Kier alpha value is -0.160. The predicted octanol–water partition coefficient (Wildman–Crippen LogP) is 0.0609. The van der Waals surface area contributed by atoms with Gasteiger partial charge in [-0.05, 0) is 7.05 Å².